The third kappa shape index (κ3) is 67.9. The van der Waals surface area contributed by atoms with E-state index < -0.39 is 6.10 Å². The molecule has 0 amide bonds. The number of carbonyl (C=O) groups excluding carboxylic acids is 3. The first-order valence-electron chi connectivity index (χ1n) is 36.3. The monoisotopic (exact) mass is 1150 g/mol. The highest BCUT2D eigenvalue weighted by atomic mass is 16.6. The molecule has 0 aromatic rings. The third-order valence-electron chi connectivity index (χ3n) is 16.3. The van der Waals surface area contributed by atoms with Crippen LogP contribution in [0.4, 0.5) is 0 Å². The predicted molar refractivity (Wildman–Crippen MR) is 358 cm³/mol. The fraction of sp³-hybridized carbons (Fsp3) is 0.829. The quantitative estimate of drug-likeness (QED) is 0.0261. The molecule has 0 aliphatic heterocycles. The normalized spacial score (nSPS) is 12.4. The van der Waals surface area contributed by atoms with Gasteiger partial charge >= 0.3 is 17.9 Å². The first kappa shape index (κ1) is 79.1. The molecule has 0 bridgehead atoms. The van der Waals surface area contributed by atoms with Crippen LogP contribution in [0, 0.1) is 0 Å². The lowest BCUT2D eigenvalue weighted by Gasteiger charge is -2.18. The highest BCUT2D eigenvalue weighted by Crippen LogP contribution is 2.18. The second-order valence-electron chi connectivity index (χ2n) is 24.5. The van der Waals surface area contributed by atoms with Crippen molar-refractivity contribution in [2.45, 2.75) is 393 Å². The van der Waals surface area contributed by atoms with Crippen LogP contribution >= 0.6 is 0 Å². The van der Waals surface area contributed by atoms with Gasteiger partial charge in [-0.15, -0.1) is 0 Å². The van der Waals surface area contributed by atoms with Crippen molar-refractivity contribution < 1.29 is 28.6 Å². The summed E-state index contributed by atoms with van der Waals surface area (Å²) >= 11 is 0. The second-order valence-corrected chi connectivity index (χ2v) is 24.5. The Morgan fingerprint density at radius 3 is 0.756 bits per heavy atom. The van der Waals surface area contributed by atoms with Gasteiger partial charge in [-0.25, -0.2) is 0 Å². The molecule has 6 heteroatoms. The summed E-state index contributed by atoms with van der Waals surface area (Å²) in [6.07, 6.45) is 91.0. The van der Waals surface area contributed by atoms with Crippen LogP contribution in [-0.4, -0.2) is 37.2 Å². The molecule has 1 unspecified atom stereocenters. The Balaban J connectivity index is 4.32. The summed E-state index contributed by atoms with van der Waals surface area (Å²) in [7, 11) is 0. The molecule has 1 atom stereocenters. The standard InChI is InChI=1S/C76H138O6/c1-4-7-10-13-16-19-22-25-28-31-34-36-37-38-39-41-42-45-48-51-54-57-60-63-66-69-75(78)81-72-73(71-80-74(77)68-65-62-59-56-53-50-47-44-33-30-27-24-21-18-15-12-9-6-3)82-76(79)70-67-64-61-58-55-52-49-46-43-40-35-32-29-26-23-20-17-14-11-8-5-2/h8,11,17,20,26,29,31,34-35,40,73H,4-7,9-10,12-16,18-19,21-25,27-28,30,32-33,36-39,41-72H2,1-3H3/b11-8-,20-17-,29-26-,34-31-,40-35-. The summed E-state index contributed by atoms with van der Waals surface area (Å²) < 4.78 is 17.0. The maximum Gasteiger partial charge on any atom is 0.306 e. The van der Waals surface area contributed by atoms with Crippen molar-refractivity contribution in [2.24, 2.45) is 0 Å². The lowest BCUT2D eigenvalue weighted by molar-refractivity contribution is -0.167. The first-order chi connectivity index (χ1) is 40.5. The molecule has 0 heterocycles. The van der Waals surface area contributed by atoms with E-state index >= 15 is 0 Å². The van der Waals surface area contributed by atoms with E-state index in [1.807, 2.05) is 0 Å². The van der Waals surface area contributed by atoms with Crippen molar-refractivity contribution in [1.82, 2.24) is 0 Å². The van der Waals surface area contributed by atoms with Crippen LogP contribution in [0.2, 0.25) is 0 Å². The summed E-state index contributed by atoms with van der Waals surface area (Å²) in [5.74, 6) is -0.854. The highest BCUT2D eigenvalue weighted by Gasteiger charge is 2.19. The summed E-state index contributed by atoms with van der Waals surface area (Å²) in [5.41, 5.74) is 0. The van der Waals surface area contributed by atoms with Crippen LogP contribution in [-0.2, 0) is 28.6 Å². The smallest absolute Gasteiger partial charge is 0.306 e. The first-order valence-corrected chi connectivity index (χ1v) is 36.3. The zero-order chi connectivity index (χ0) is 59.2. The SMILES string of the molecule is CC/C=C\C/C=C\C/C=C\C/C=C\CCCCCCCCCCC(=O)OC(COC(=O)CCCCCCCCCCCCCCC/C=C\CCCCCCCCCC)COC(=O)CCCCCCCCCCCCCCCCCCCC. The zero-order valence-electron chi connectivity index (χ0n) is 55.0. The predicted octanol–water partition coefficient (Wildman–Crippen LogP) is 25.1. The van der Waals surface area contributed by atoms with Crippen molar-refractivity contribution in [3.63, 3.8) is 0 Å². The van der Waals surface area contributed by atoms with Crippen LogP contribution in [0.25, 0.3) is 0 Å². The van der Waals surface area contributed by atoms with E-state index in [0.717, 1.165) is 89.9 Å². The second kappa shape index (κ2) is 70.6. The van der Waals surface area contributed by atoms with Crippen LogP contribution in [0.5, 0.6) is 0 Å². The Morgan fingerprint density at radius 1 is 0.256 bits per heavy atom. The minimum atomic E-state index is -0.779. The summed E-state index contributed by atoms with van der Waals surface area (Å²) in [6.45, 7) is 6.59. The summed E-state index contributed by atoms with van der Waals surface area (Å²) in [4.78, 5) is 38.5. The van der Waals surface area contributed by atoms with Crippen molar-refractivity contribution in [2.75, 3.05) is 13.2 Å². The van der Waals surface area contributed by atoms with Crippen molar-refractivity contribution >= 4 is 17.9 Å². The topological polar surface area (TPSA) is 78.9 Å². The molecular weight excluding hydrogens is 1010 g/mol. The number of allylic oxidation sites excluding steroid dienone is 10. The van der Waals surface area contributed by atoms with Gasteiger partial charge in [-0.1, -0.05) is 345 Å². The Kier molecular flexibility index (Phi) is 68.1. The van der Waals surface area contributed by atoms with Gasteiger partial charge in [-0.05, 0) is 83.5 Å². The third-order valence-corrected chi connectivity index (χ3v) is 16.3. The Morgan fingerprint density at radius 2 is 0.476 bits per heavy atom. The number of hydrogen-bond donors (Lipinski definition) is 0. The minimum absolute atomic E-state index is 0.0729. The lowest BCUT2D eigenvalue weighted by Crippen LogP contribution is -2.30. The van der Waals surface area contributed by atoms with Crippen molar-refractivity contribution in [3.05, 3.63) is 60.8 Å². The number of rotatable bonds is 67. The summed E-state index contributed by atoms with van der Waals surface area (Å²) in [6, 6.07) is 0. The van der Waals surface area contributed by atoms with E-state index in [1.165, 1.54) is 257 Å². The molecule has 0 aliphatic rings. The average molecular weight is 1150 g/mol. The molecule has 0 N–H and O–H groups in total. The highest BCUT2D eigenvalue weighted by molar-refractivity contribution is 5.71. The molecule has 0 radical (unpaired) electrons. The maximum absolute atomic E-state index is 13.0. The van der Waals surface area contributed by atoms with E-state index in [1.54, 1.807) is 0 Å². The summed E-state index contributed by atoms with van der Waals surface area (Å²) in [5, 5.41) is 0. The van der Waals surface area contributed by atoms with Gasteiger partial charge in [-0.2, -0.15) is 0 Å². The van der Waals surface area contributed by atoms with E-state index in [4.69, 9.17) is 14.2 Å². The Labute approximate surface area is 510 Å². The van der Waals surface area contributed by atoms with Gasteiger partial charge in [0.1, 0.15) is 13.2 Å². The molecular formula is C76H138O6. The van der Waals surface area contributed by atoms with E-state index in [2.05, 4.69) is 81.5 Å². The molecule has 0 fully saturated rings. The van der Waals surface area contributed by atoms with Gasteiger partial charge in [0.25, 0.3) is 0 Å². The molecule has 478 valence electrons. The number of ether oxygens (including phenoxy) is 3. The number of unbranched alkanes of at least 4 members (excludes halogenated alkanes) is 46. The average Bonchev–Trinajstić information content (AvgIpc) is 3.47. The van der Waals surface area contributed by atoms with E-state index in [0.29, 0.717) is 19.3 Å². The molecule has 0 saturated heterocycles. The van der Waals surface area contributed by atoms with Gasteiger partial charge in [0.2, 0.25) is 0 Å². The van der Waals surface area contributed by atoms with Gasteiger partial charge in [0.05, 0.1) is 0 Å². The van der Waals surface area contributed by atoms with Gasteiger partial charge in [0, 0.05) is 19.3 Å². The molecule has 0 rings (SSSR count). The van der Waals surface area contributed by atoms with Gasteiger partial charge in [0.15, 0.2) is 6.10 Å². The molecule has 82 heavy (non-hydrogen) atoms. The van der Waals surface area contributed by atoms with Crippen LogP contribution in [0.15, 0.2) is 60.8 Å². The Hall–Kier alpha value is -2.89. The Bertz CT molecular complexity index is 1460. The molecule has 0 aliphatic carbocycles. The molecule has 0 saturated carbocycles. The van der Waals surface area contributed by atoms with Crippen LogP contribution < -0.4 is 0 Å². The zero-order valence-corrected chi connectivity index (χ0v) is 55.0. The van der Waals surface area contributed by atoms with E-state index in [-0.39, 0.29) is 31.1 Å². The van der Waals surface area contributed by atoms with Crippen molar-refractivity contribution in [1.29, 1.82) is 0 Å². The number of hydrogen-bond acceptors (Lipinski definition) is 6. The molecule has 0 aromatic carbocycles. The molecule has 0 aromatic heterocycles. The van der Waals surface area contributed by atoms with Crippen molar-refractivity contribution in [3.8, 4) is 0 Å². The largest absolute Gasteiger partial charge is 0.462 e. The molecule has 0 spiro atoms. The molecule has 6 nitrogen and oxygen atoms in total. The lowest BCUT2D eigenvalue weighted by atomic mass is 10.0. The van der Waals surface area contributed by atoms with Gasteiger partial charge in [-0.3, -0.25) is 14.4 Å². The van der Waals surface area contributed by atoms with Gasteiger partial charge < -0.3 is 14.2 Å². The van der Waals surface area contributed by atoms with E-state index in [9.17, 15) is 14.4 Å². The number of esters is 3. The number of carbonyl (C=O) groups is 3. The fourth-order valence-electron chi connectivity index (χ4n) is 10.8. The van der Waals surface area contributed by atoms with Crippen LogP contribution in [0.3, 0.4) is 0 Å². The van der Waals surface area contributed by atoms with Crippen LogP contribution in [0.1, 0.15) is 387 Å². The minimum Gasteiger partial charge on any atom is -0.462 e. The maximum atomic E-state index is 13.0. The fourth-order valence-corrected chi connectivity index (χ4v) is 10.8.